The van der Waals surface area contributed by atoms with E-state index in [0.29, 0.717) is 36.5 Å². The molecule has 6 rings (SSSR count). The van der Waals surface area contributed by atoms with Gasteiger partial charge in [0.2, 0.25) is 0 Å². The van der Waals surface area contributed by atoms with Crippen LogP contribution in [0.1, 0.15) is 113 Å². The summed E-state index contributed by atoms with van der Waals surface area (Å²) in [5.41, 5.74) is 15.0. The van der Waals surface area contributed by atoms with E-state index < -0.39 is 0 Å². The zero-order chi connectivity index (χ0) is 38.2. The molecule has 0 aliphatic carbocycles. The Morgan fingerprint density at radius 2 is 0.750 bits per heavy atom. The number of pyridine rings is 4. The number of halogens is 4. The van der Waals surface area contributed by atoms with E-state index in [4.69, 9.17) is 20.0 Å². The third-order valence-electron chi connectivity index (χ3n) is 9.67. The maximum atomic E-state index is 5.16. The Kier molecular flexibility index (Phi) is 26.2. The first-order valence-electron chi connectivity index (χ1n) is 19.2. The molecule has 4 aromatic heterocycles. The second-order valence-electron chi connectivity index (χ2n) is 15.1. The first-order valence-corrected chi connectivity index (χ1v) is 19.2. The van der Waals surface area contributed by atoms with Crippen molar-refractivity contribution >= 4 is 91.7 Å². The second kappa shape index (κ2) is 27.4. The number of aliphatic imine (C=N–C) groups is 2. The molecule has 0 fully saturated rings. The zero-order valence-electron chi connectivity index (χ0n) is 35.3. The molecule has 0 bridgehead atoms. The van der Waals surface area contributed by atoms with Gasteiger partial charge in [-0.2, -0.15) is 0 Å². The Labute approximate surface area is 420 Å². The molecule has 6 nitrogen and oxygen atoms in total. The average Bonchev–Trinajstić information content (AvgIpc) is 3.18. The molecule has 2 aromatic carbocycles. The number of benzene rings is 2. The van der Waals surface area contributed by atoms with Gasteiger partial charge in [0.05, 0.1) is 34.2 Å². The van der Waals surface area contributed by atoms with Crippen molar-refractivity contribution in [3.63, 3.8) is 0 Å². The summed E-state index contributed by atoms with van der Waals surface area (Å²) in [6, 6.07) is 33.4. The van der Waals surface area contributed by atoms with Gasteiger partial charge in [-0.25, -0.2) is 0 Å². The minimum absolute atomic E-state index is 0. The van der Waals surface area contributed by atoms with Crippen LogP contribution in [-0.4, -0.2) is 32.4 Å². The maximum Gasteiger partial charge on any atom is 0.0889 e. The van der Waals surface area contributed by atoms with E-state index >= 15 is 0 Å². The van der Waals surface area contributed by atoms with E-state index in [1.165, 1.54) is 33.4 Å². The van der Waals surface area contributed by atoms with Crippen LogP contribution in [0.3, 0.4) is 0 Å². The molecule has 0 radical (unpaired) electrons. The zero-order valence-corrected chi connectivity index (χ0v) is 44.4. The quantitative estimate of drug-likeness (QED) is 0.0853. The smallest absolute Gasteiger partial charge is 0.0889 e. The predicted molar refractivity (Wildman–Crippen MR) is 268 cm³/mol. The average molecular weight is 1150 g/mol. The van der Waals surface area contributed by atoms with Crippen LogP contribution in [0.5, 0.6) is 0 Å². The fraction of sp³-hybridized carbons (Fsp3) is 0.292. The summed E-state index contributed by atoms with van der Waals surface area (Å²) >= 11 is 0. The summed E-state index contributed by atoms with van der Waals surface area (Å²) in [6.07, 6.45) is 8.91. The second-order valence-corrected chi connectivity index (χ2v) is 15.1. The van der Waals surface area contributed by atoms with Crippen molar-refractivity contribution in [2.75, 3.05) is 0 Å². The Bertz CT molecular complexity index is 2050. The number of rotatable bonds is 13. The Balaban J connectivity index is 0.00000580. The van der Waals surface area contributed by atoms with E-state index in [1.54, 1.807) is 12.4 Å². The number of nitrogens with zero attached hydrogens (tertiary/aromatic N) is 6. The fourth-order valence-electron chi connectivity index (χ4n) is 6.71. The third-order valence-corrected chi connectivity index (χ3v) is 9.67. The van der Waals surface area contributed by atoms with Gasteiger partial charge < -0.3 is 0 Å². The van der Waals surface area contributed by atoms with Crippen molar-refractivity contribution in [2.45, 2.75) is 91.9 Å². The first kappa shape index (κ1) is 57.3. The van der Waals surface area contributed by atoms with Crippen LogP contribution in [0, 0.1) is 0 Å². The Hall–Kier alpha value is -2.66. The van der Waals surface area contributed by atoms with Gasteiger partial charge in [0, 0.05) is 83.2 Å². The molecule has 12 heteroatoms. The standard InChI is InChI=1S/C48H52N6.4BrH.2Fe/c1-31(2)39-27-35(28-40(32(3)4)47(39)51-25-21-37-15-13-19-45(53-37)43-17-9-11-23-49-43)36-29-41(33(5)6)48(42(30-36)34(7)8)52-26-22-38-16-14-20-46(54-38)44-18-10-12-24-50-44;;;;;;/h9-20,23-34H,21-22H2,1-8H3;4*1H;;. The molecule has 0 saturated heterocycles. The van der Waals surface area contributed by atoms with Crippen molar-refractivity contribution in [2.24, 2.45) is 9.98 Å². The Morgan fingerprint density at radius 1 is 0.433 bits per heavy atom. The van der Waals surface area contributed by atoms with Gasteiger partial charge in [0.15, 0.2) is 0 Å². The van der Waals surface area contributed by atoms with Crippen LogP contribution >= 0.6 is 67.9 Å². The fourth-order valence-corrected chi connectivity index (χ4v) is 6.71. The van der Waals surface area contributed by atoms with E-state index in [1.807, 2.05) is 73.1 Å². The van der Waals surface area contributed by atoms with Gasteiger partial charge in [-0.05, 0) is 130 Å². The van der Waals surface area contributed by atoms with Gasteiger partial charge >= 0.3 is 0 Å². The van der Waals surface area contributed by atoms with Crippen LogP contribution in [0.4, 0.5) is 11.4 Å². The molecule has 0 spiro atoms. The summed E-state index contributed by atoms with van der Waals surface area (Å²) < 4.78 is 0. The molecule has 0 aliphatic heterocycles. The molecule has 0 unspecified atom stereocenters. The minimum atomic E-state index is 0. The topological polar surface area (TPSA) is 76.3 Å². The van der Waals surface area contributed by atoms with Gasteiger partial charge in [0.1, 0.15) is 0 Å². The van der Waals surface area contributed by atoms with E-state index in [2.05, 4.69) is 102 Å². The predicted octanol–water partition coefficient (Wildman–Crippen LogP) is 15.0. The van der Waals surface area contributed by atoms with Crippen LogP contribution in [-0.2, 0) is 47.0 Å². The van der Waals surface area contributed by atoms with Gasteiger partial charge in [-0.3, -0.25) is 29.9 Å². The number of hydrogen-bond donors (Lipinski definition) is 0. The summed E-state index contributed by atoms with van der Waals surface area (Å²) in [5, 5.41) is 0. The van der Waals surface area contributed by atoms with Crippen molar-refractivity contribution in [1.82, 2.24) is 19.9 Å². The number of hydrogen-bond acceptors (Lipinski definition) is 6. The summed E-state index contributed by atoms with van der Waals surface area (Å²) in [4.78, 5) is 29.0. The molecule has 4 heterocycles. The van der Waals surface area contributed by atoms with Crippen LogP contribution in [0.25, 0.3) is 33.9 Å². The summed E-state index contributed by atoms with van der Waals surface area (Å²) in [7, 11) is 0. The summed E-state index contributed by atoms with van der Waals surface area (Å²) in [6.45, 7) is 18.1. The minimum Gasteiger partial charge on any atom is -0.260 e. The van der Waals surface area contributed by atoms with Crippen molar-refractivity contribution in [1.29, 1.82) is 0 Å². The molecule has 0 N–H and O–H groups in total. The third kappa shape index (κ3) is 14.7. The van der Waals surface area contributed by atoms with Gasteiger partial charge in [0.25, 0.3) is 0 Å². The molecular weight excluding hydrogens is 1090 g/mol. The molecule has 0 atom stereocenters. The molecule has 60 heavy (non-hydrogen) atoms. The van der Waals surface area contributed by atoms with Gasteiger partial charge in [-0.15, -0.1) is 67.9 Å². The maximum absolute atomic E-state index is 5.16. The van der Waals surface area contributed by atoms with Crippen molar-refractivity contribution < 1.29 is 34.1 Å². The van der Waals surface area contributed by atoms with Crippen LogP contribution in [0.2, 0.25) is 0 Å². The van der Waals surface area contributed by atoms with E-state index in [0.717, 1.165) is 45.5 Å². The molecule has 322 valence electrons. The molecule has 0 saturated carbocycles. The monoisotopic (exact) mass is 1140 g/mol. The number of aromatic nitrogens is 4. The normalized spacial score (nSPS) is 10.8. The van der Waals surface area contributed by atoms with Crippen molar-refractivity contribution in [3.8, 4) is 33.9 Å². The molecule has 6 aromatic rings. The molecule has 0 aliphatic rings. The molecular formula is C48H56Br4Fe2N6. The Morgan fingerprint density at radius 3 is 1.03 bits per heavy atom. The first-order chi connectivity index (χ1) is 26.1. The molecule has 0 amide bonds. The van der Waals surface area contributed by atoms with Crippen LogP contribution < -0.4 is 0 Å². The summed E-state index contributed by atoms with van der Waals surface area (Å²) in [5.74, 6) is 1.18. The van der Waals surface area contributed by atoms with Gasteiger partial charge in [-0.1, -0.05) is 79.7 Å². The van der Waals surface area contributed by atoms with E-state index in [-0.39, 0.29) is 102 Å². The van der Waals surface area contributed by atoms with E-state index in [9.17, 15) is 0 Å². The SMILES string of the molecule is Br.Br.Br.Br.CC(C)c1cc(-c2cc(C(C)C)c(N=CCc3cccc(-c4ccccn4)n3)c(C(C)C)c2)cc(C(C)C)c1N=CCc1cccc(-c2ccccn2)n1.[Fe].[Fe]. The van der Waals surface area contributed by atoms with Crippen molar-refractivity contribution in [3.05, 3.63) is 143 Å². The largest absolute Gasteiger partial charge is 0.260 e. The van der Waals surface area contributed by atoms with Crippen LogP contribution in [0.15, 0.2) is 119 Å².